The molecule has 7 nitrogen and oxygen atoms in total. The number of nitro benzene ring substituents is 1. The van der Waals surface area contributed by atoms with Gasteiger partial charge in [-0.1, -0.05) is 18.5 Å². The number of halogens is 1. The molecule has 20 heavy (non-hydrogen) atoms. The van der Waals surface area contributed by atoms with Crippen molar-refractivity contribution in [2.45, 2.75) is 17.9 Å². The third kappa shape index (κ3) is 2.64. The number of rotatable bonds is 5. The molecule has 0 atom stereocenters. The van der Waals surface area contributed by atoms with Crippen molar-refractivity contribution in [3.63, 3.8) is 0 Å². The maximum Gasteiger partial charge on any atom is 0.290 e. The molecule has 1 aromatic carbocycles. The Balaban J connectivity index is 2.50. The predicted molar refractivity (Wildman–Crippen MR) is 74.3 cm³/mol. The van der Waals surface area contributed by atoms with Crippen LogP contribution >= 0.6 is 11.6 Å². The Hall–Kier alpha value is -1.22. The van der Waals surface area contributed by atoms with Gasteiger partial charge in [-0.25, -0.2) is 8.42 Å². The second-order valence-electron chi connectivity index (χ2n) is 4.39. The molecule has 110 valence electrons. The van der Waals surface area contributed by atoms with Crippen LogP contribution in [0.1, 0.15) is 6.92 Å². The SMILES string of the molecule is CCN(C1CNC1)S(=O)(=O)c1ccc(Cl)cc1[N+](=O)[O-]. The van der Waals surface area contributed by atoms with Gasteiger partial charge in [0.2, 0.25) is 10.0 Å². The molecule has 0 aliphatic carbocycles. The monoisotopic (exact) mass is 319 g/mol. The molecule has 1 aliphatic heterocycles. The molecule has 1 fully saturated rings. The van der Waals surface area contributed by atoms with Crippen LogP contribution in [0.4, 0.5) is 5.69 Å². The first-order chi connectivity index (χ1) is 9.37. The number of benzene rings is 1. The highest BCUT2D eigenvalue weighted by atomic mass is 35.5. The highest BCUT2D eigenvalue weighted by Gasteiger charge is 2.37. The molecule has 0 saturated carbocycles. The van der Waals surface area contributed by atoms with Gasteiger partial charge >= 0.3 is 0 Å². The van der Waals surface area contributed by atoms with Crippen molar-refractivity contribution in [2.75, 3.05) is 19.6 Å². The molecule has 1 aliphatic rings. The summed E-state index contributed by atoms with van der Waals surface area (Å²) in [5.41, 5.74) is -0.497. The number of nitro groups is 1. The zero-order valence-corrected chi connectivity index (χ0v) is 12.3. The average Bonchev–Trinajstić information content (AvgIpc) is 2.32. The standard InChI is InChI=1S/C11H14ClN3O4S/c1-2-14(9-6-13-7-9)20(18,19)11-4-3-8(12)5-10(11)15(16)17/h3-5,9,13H,2,6-7H2,1H3. The fraction of sp³-hybridized carbons (Fsp3) is 0.455. The average molecular weight is 320 g/mol. The minimum absolute atomic E-state index is 0.129. The van der Waals surface area contributed by atoms with Gasteiger partial charge in [-0.05, 0) is 12.1 Å². The van der Waals surface area contributed by atoms with Crippen molar-refractivity contribution in [3.05, 3.63) is 33.3 Å². The fourth-order valence-corrected chi connectivity index (χ4v) is 4.02. The van der Waals surface area contributed by atoms with E-state index in [4.69, 9.17) is 11.6 Å². The van der Waals surface area contributed by atoms with Crippen LogP contribution in [0.25, 0.3) is 0 Å². The molecule has 2 rings (SSSR count). The number of hydrogen-bond acceptors (Lipinski definition) is 5. The summed E-state index contributed by atoms with van der Waals surface area (Å²) in [5, 5.41) is 14.2. The fourth-order valence-electron chi connectivity index (χ4n) is 2.08. The Morgan fingerprint density at radius 3 is 2.60 bits per heavy atom. The summed E-state index contributed by atoms with van der Waals surface area (Å²) in [5.74, 6) is 0. The minimum Gasteiger partial charge on any atom is -0.313 e. The quantitative estimate of drug-likeness (QED) is 0.651. The summed E-state index contributed by atoms with van der Waals surface area (Å²) in [6.45, 7) is 3.06. The van der Waals surface area contributed by atoms with E-state index in [0.29, 0.717) is 13.1 Å². The molecule has 1 aromatic rings. The highest BCUT2D eigenvalue weighted by molar-refractivity contribution is 7.89. The molecule has 1 heterocycles. The van der Waals surface area contributed by atoms with E-state index in [0.717, 1.165) is 6.07 Å². The molecular weight excluding hydrogens is 306 g/mol. The zero-order valence-electron chi connectivity index (χ0n) is 10.7. The summed E-state index contributed by atoms with van der Waals surface area (Å²) in [4.78, 5) is 9.99. The predicted octanol–water partition coefficient (Wildman–Crippen LogP) is 1.23. The third-order valence-corrected chi connectivity index (χ3v) is 5.49. The number of sulfonamides is 1. The van der Waals surface area contributed by atoms with Crippen LogP contribution in [-0.4, -0.2) is 43.3 Å². The second-order valence-corrected chi connectivity index (χ2v) is 6.69. The number of nitrogens with one attached hydrogen (secondary N) is 1. The van der Waals surface area contributed by atoms with Crippen molar-refractivity contribution in [3.8, 4) is 0 Å². The van der Waals surface area contributed by atoms with Crippen LogP contribution in [0, 0.1) is 10.1 Å². The van der Waals surface area contributed by atoms with Gasteiger partial charge in [0, 0.05) is 30.7 Å². The Bertz CT molecular complexity index is 631. The maximum atomic E-state index is 12.6. The van der Waals surface area contributed by atoms with Crippen LogP contribution < -0.4 is 5.32 Å². The summed E-state index contributed by atoms with van der Waals surface area (Å²) in [6.07, 6.45) is 0. The molecule has 1 saturated heterocycles. The Labute approximate surface area is 121 Å². The first kappa shape index (κ1) is 15.2. The van der Waals surface area contributed by atoms with Crippen LogP contribution in [-0.2, 0) is 10.0 Å². The molecular formula is C11H14ClN3O4S. The lowest BCUT2D eigenvalue weighted by atomic mass is 10.2. The largest absolute Gasteiger partial charge is 0.313 e. The van der Waals surface area contributed by atoms with E-state index in [1.807, 2.05) is 0 Å². The molecule has 1 N–H and O–H groups in total. The lowest BCUT2D eigenvalue weighted by Crippen LogP contribution is -2.58. The second kappa shape index (κ2) is 5.65. The van der Waals surface area contributed by atoms with Crippen molar-refractivity contribution in [2.24, 2.45) is 0 Å². The van der Waals surface area contributed by atoms with Gasteiger partial charge in [-0.15, -0.1) is 0 Å². The van der Waals surface area contributed by atoms with E-state index in [1.54, 1.807) is 6.92 Å². The van der Waals surface area contributed by atoms with Crippen molar-refractivity contribution in [1.29, 1.82) is 0 Å². The smallest absolute Gasteiger partial charge is 0.290 e. The van der Waals surface area contributed by atoms with E-state index < -0.39 is 20.6 Å². The van der Waals surface area contributed by atoms with Gasteiger partial charge in [0.25, 0.3) is 5.69 Å². The van der Waals surface area contributed by atoms with Gasteiger partial charge in [0.15, 0.2) is 4.90 Å². The van der Waals surface area contributed by atoms with E-state index >= 15 is 0 Å². The topological polar surface area (TPSA) is 92.6 Å². The highest BCUT2D eigenvalue weighted by Crippen LogP contribution is 2.30. The molecule has 0 aromatic heterocycles. The maximum absolute atomic E-state index is 12.6. The van der Waals surface area contributed by atoms with Gasteiger partial charge < -0.3 is 5.32 Å². The van der Waals surface area contributed by atoms with Crippen molar-refractivity contribution >= 4 is 27.3 Å². The normalized spacial score (nSPS) is 16.1. The van der Waals surface area contributed by atoms with Crippen molar-refractivity contribution in [1.82, 2.24) is 9.62 Å². The van der Waals surface area contributed by atoms with E-state index in [1.165, 1.54) is 16.4 Å². The lowest BCUT2D eigenvalue weighted by molar-refractivity contribution is -0.387. The van der Waals surface area contributed by atoms with Crippen LogP contribution in [0.2, 0.25) is 5.02 Å². The van der Waals surface area contributed by atoms with Crippen LogP contribution in [0.15, 0.2) is 23.1 Å². The van der Waals surface area contributed by atoms with Gasteiger partial charge in [0.1, 0.15) is 0 Å². The minimum atomic E-state index is -3.91. The molecule has 0 spiro atoms. The van der Waals surface area contributed by atoms with Gasteiger partial charge in [-0.2, -0.15) is 4.31 Å². The summed E-state index contributed by atoms with van der Waals surface area (Å²) >= 11 is 5.70. The Morgan fingerprint density at radius 1 is 1.50 bits per heavy atom. The van der Waals surface area contributed by atoms with E-state index in [9.17, 15) is 18.5 Å². The molecule has 9 heteroatoms. The van der Waals surface area contributed by atoms with Crippen LogP contribution in [0.3, 0.4) is 0 Å². The Morgan fingerprint density at radius 2 is 2.15 bits per heavy atom. The first-order valence-corrected chi connectivity index (χ1v) is 7.86. The van der Waals surface area contributed by atoms with E-state index in [-0.39, 0.29) is 22.5 Å². The summed E-state index contributed by atoms with van der Waals surface area (Å²) in [6, 6.07) is 3.42. The molecule has 0 unspecified atom stereocenters. The summed E-state index contributed by atoms with van der Waals surface area (Å²) < 4.78 is 26.4. The summed E-state index contributed by atoms with van der Waals surface area (Å²) in [7, 11) is -3.91. The van der Waals surface area contributed by atoms with Crippen LogP contribution in [0.5, 0.6) is 0 Å². The molecule has 0 bridgehead atoms. The zero-order chi connectivity index (χ0) is 14.9. The Kier molecular flexibility index (Phi) is 4.28. The number of nitrogens with zero attached hydrogens (tertiary/aromatic N) is 2. The third-order valence-electron chi connectivity index (χ3n) is 3.18. The first-order valence-electron chi connectivity index (χ1n) is 6.04. The lowest BCUT2D eigenvalue weighted by Gasteiger charge is -2.36. The van der Waals surface area contributed by atoms with E-state index in [2.05, 4.69) is 5.32 Å². The van der Waals surface area contributed by atoms with Gasteiger partial charge in [0.05, 0.1) is 11.0 Å². The molecule has 0 amide bonds. The number of hydrogen-bond donors (Lipinski definition) is 1. The molecule has 0 radical (unpaired) electrons. The van der Waals surface area contributed by atoms with Gasteiger partial charge in [-0.3, -0.25) is 10.1 Å². The number of likely N-dealkylation sites (N-methyl/N-ethyl adjacent to an activating group) is 1. The van der Waals surface area contributed by atoms with Crippen molar-refractivity contribution < 1.29 is 13.3 Å².